The zero-order valence-electron chi connectivity index (χ0n) is 9.78. The lowest BCUT2D eigenvalue weighted by Crippen LogP contribution is -2.29. The first kappa shape index (κ1) is 12.7. The topological polar surface area (TPSA) is 27.0 Å². The van der Waals surface area contributed by atoms with E-state index in [-0.39, 0.29) is 5.82 Å². The number of nitrogens with zero attached hydrogens (tertiary/aromatic N) is 2. The predicted molar refractivity (Wildman–Crippen MR) is 62.4 cm³/mol. The fourth-order valence-corrected chi connectivity index (χ4v) is 1.56. The molecular formula is C13H17FN2. The average molecular weight is 220 g/mol. The van der Waals surface area contributed by atoms with Crippen molar-refractivity contribution in [3.63, 3.8) is 0 Å². The predicted octanol–water partition coefficient (Wildman–Crippen LogP) is 2.60. The standard InChI is InChI=1S/C13H17FN2/c1-11(16(2)9-8-15)6-7-12-4-3-5-13(14)10-12/h3-5,10-11H,6-7,9H2,1-2H3. The number of hydrogen-bond donors (Lipinski definition) is 0. The summed E-state index contributed by atoms with van der Waals surface area (Å²) in [5, 5.41) is 8.57. The van der Waals surface area contributed by atoms with E-state index in [1.165, 1.54) is 6.07 Å². The Morgan fingerprint density at radius 3 is 2.88 bits per heavy atom. The van der Waals surface area contributed by atoms with Crippen LogP contribution in [0.3, 0.4) is 0 Å². The highest BCUT2D eigenvalue weighted by molar-refractivity contribution is 5.16. The molecule has 1 aromatic rings. The second-order valence-corrected chi connectivity index (χ2v) is 4.09. The van der Waals surface area contributed by atoms with Crippen molar-refractivity contribution in [2.24, 2.45) is 0 Å². The maximum atomic E-state index is 12.9. The third kappa shape index (κ3) is 4.00. The summed E-state index contributed by atoms with van der Waals surface area (Å²) in [6.45, 7) is 2.51. The van der Waals surface area contributed by atoms with E-state index < -0.39 is 0 Å². The molecule has 0 aromatic heterocycles. The van der Waals surface area contributed by atoms with E-state index in [9.17, 15) is 4.39 Å². The molecule has 0 N–H and O–H groups in total. The number of nitriles is 1. The first-order valence-electron chi connectivity index (χ1n) is 5.45. The molecule has 1 unspecified atom stereocenters. The molecule has 86 valence electrons. The van der Waals surface area contributed by atoms with Gasteiger partial charge in [-0.15, -0.1) is 0 Å². The van der Waals surface area contributed by atoms with Gasteiger partial charge in [-0.2, -0.15) is 5.26 Å². The SMILES string of the molecule is CC(CCc1cccc(F)c1)N(C)CC#N. The maximum absolute atomic E-state index is 12.9. The minimum absolute atomic E-state index is 0.185. The highest BCUT2D eigenvalue weighted by Gasteiger charge is 2.08. The first-order chi connectivity index (χ1) is 7.63. The van der Waals surface area contributed by atoms with Gasteiger partial charge in [0.1, 0.15) is 5.82 Å². The Labute approximate surface area is 96.3 Å². The molecule has 16 heavy (non-hydrogen) atoms. The third-order valence-electron chi connectivity index (χ3n) is 2.81. The summed E-state index contributed by atoms with van der Waals surface area (Å²) < 4.78 is 12.9. The fourth-order valence-electron chi connectivity index (χ4n) is 1.56. The summed E-state index contributed by atoms with van der Waals surface area (Å²) in [7, 11) is 1.93. The number of rotatable bonds is 5. The largest absolute Gasteiger partial charge is 0.291 e. The Bertz CT molecular complexity index is 370. The van der Waals surface area contributed by atoms with Crippen LogP contribution < -0.4 is 0 Å². The van der Waals surface area contributed by atoms with Gasteiger partial charge in [-0.1, -0.05) is 12.1 Å². The van der Waals surface area contributed by atoms with Crippen molar-refractivity contribution in [1.29, 1.82) is 5.26 Å². The van der Waals surface area contributed by atoms with Gasteiger partial charge in [0.15, 0.2) is 0 Å². The van der Waals surface area contributed by atoms with Crippen LogP contribution in [-0.2, 0) is 6.42 Å². The van der Waals surface area contributed by atoms with Crippen molar-refractivity contribution in [3.05, 3.63) is 35.6 Å². The molecule has 0 radical (unpaired) electrons. The van der Waals surface area contributed by atoms with Gasteiger partial charge in [0.2, 0.25) is 0 Å². The number of benzene rings is 1. The monoisotopic (exact) mass is 220 g/mol. The Hall–Kier alpha value is -1.40. The summed E-state index contributed by atoms with van der Waals surface area (Å²) >= 11 is 0. The lowest BCUT2D eigenvalue weighted by Gasteiger charge is -2.21. The van der Waals surface area contributed by atoms with Gasteiger partial charge in [-0.25, -0.2) is 4.39 Å². The van der Waals surface area contributed by atoms with Crippen molar-refractivity contribution in [2.45, 2.75) is 25.8 Å². The highest BCUT2D eigenvalue weighted by atomic mass is 19.1. The lowest BCUT2D eigenvalue weighted by atomic mass is 10.1. The van der Waals surface area contributed by atoms with Crippen LogP contribution in [0.15, 0.2) is 24.3 Å². The molecule has 0 fully saturated rings. The second-order valence-electron chi connectivity index (χ2n) is 4.09. The Morgan fingerprint density at radius 2 is 2.25 bits per heavy atom. The molecule has 0 bridgehead atoms. The van der Waals surface area contributed by atoms with E-state index in [0.717, 1.165) is 18.4 Å². The second kappa shape index (κ2) is 6.24. The summed E-state index contributed by atoms with van der Waals surface area (Å²) in [6.07, 6.45) is 1.77. The van der Waals surface area contributed by atoms with E-state index in [2.05, 4.69) is 13.0 Å². The smallest absolute Gasteiger partial charge is 0.123 e. The average Bonchev–Trinajstić information content (AvgIpc) is 2.26. The Kier molecular flexibility index (Phi) is 4.94. The molecular weight excluding hydrogens is 203 g/mol. The first-order valence-corrected chi connectivity index (χ1v) is 5.45. The molecule has 0 saturated carbocycles. The van der Waals surface area contributed by atoms with E-state index in [4.69, 9.17) is 5.26 Å². The van der Waals surface area contributed by atoms with Gasteiger partial charge in [-0.05, 0) is 44.5 Å². The zero-order valence-corrected chi connectivity index (χ0v) is 9.78. The Morgan fingerprint density at radius 1 is 1.50 bits per heavy atom. The van der Waals surface area contributed by atoms with Gasteiger partial charge in [0.25, 0.3) is 0 Å². The summed E-state index contributed by atoms with van der Waals surface area (Å²) in [6, 6.07) is 9.14. The molecule has 0 aliphatic rings. The number of hydrogen-bond acceptors (Lipinski definition) is 2. The molecule has 0 amide bonds. The summed E-state index contributed by atoms with van der Waals surface area (Å²) in [4.78, 5) is 2.00. The van der Waals surface area contributed by atoms with Crippen LogP contribution >= 0.6 is 0 Å². The van der Waals surface area contributed by atoms with Crippen molar-refractivity contribution in [3.8, 4) is 6.07 Å². The summed E-state index contributed by atoms with van der Waals surface area (Å²) in [5.41, 5.74) is 1.01. The molecule has 0 aliphatic carbocycles. The van der Waals surface area contributed by atoms with Gasteiger partial charge in [-0.3, -0.25) is 4.90 Å². The maximum Gasteiger partial charge on any atom is 0.123 e. The quantitative estimate of drug-likeness (QED) is 0.713. The molecule has 1 aromatic carbocycles. The van der Waals surface area contributed by atoms with Crippen LogP contribution in [0.5, 0.6) is 0 Å². The number of aryl methyl sites for hydroxylation is 1. The van der Waals surface area contributed by atoms with Crippen molar-refractivity contribution in [2.75, 3.05) is 13.6 Å². The molecule has 0 saturated heterocycles. The zero-order chi connectivity index (χ0) is 12.0. The van der Waals surface area contributed by atoms with Gasteiger partial charge >= 0.3 is 0 Å². The minimum Gasteiger partial charge on any atom is -0.291 e. The molecule has 0 heterocycles. The lowest BCUT2D eigenvalue weighted by molar-refractivity contribution is 0.274. The van der Waals surface area contributed by atoms with Crippen molar-refractivity contribution >= 4 is 0 Å². The van der Waals surface area contributed by atoms with E-state index in [1.54, 1.807) is 12.1 Å². The molecule has 1 rings (SSSR count). The van der Waals surface area contributed by atoms with Crippen LogP contribution in [0.2, 0.25) is 0 Å². The summed E-state index contributed by atoms with van der Waals surface area (Å²) in [5.74, 6) is -0.185. The van der Waals surface area contributed by atoms with Crippen LogP contribution in [0.1, 0.15) is 18.9 Å². The Balaban J connectivity index is 2.43. The molecule has 0 aliphatic heterocycles. The van der Waals surface area contributed by atoms with E-state index >= 15 is 0 Å². The molecule has 1 atom stereocenters. The van der Waals surface area contributed by atoms with Crippen LogP contribution in [-0.4, -0.2) is 24.5 Å². The molecule has 3 heteroatoms. The van der Waals surface area contributed by atoms with E-state index in [0.29, 0.717) is 12.6 Å². The van der Waals surface area contributed by atoms with Crippen LogP contribution in [0.4, 0.5) is 4.39 Å². The van der Waals surface area contributed by atoms with Gasteiger partial charge < -0.3 is 0 Å². The van der Waals surface area contributed by atoms with Crippen LogP contribution in [0.25, 0.3) is 0 Å². The minimum atomic E-state index is -0.185. The molecule has 2 nitrogen and oxygen atoms in total. The van der Waals surface area contributed by atoms with Crippen molar-refractivity contribution in [1.82, 2.24) is 4.90 Å². The van der Waals surface area contributed by atoms with Crippen LogP contribution in [0, 0.1) is 17.1 Å². The molecule has 0 spiro atoms. The normalized spacial score (nSPS) is 12.4. The number of halogens is 1. The van der Waals surface area contributed by atoms with Gasteiger partial charge in [0.05, 0.1) is 12.6 Å². The van der Waals surface area contributed by atoms with Gasteiger partial charge in [0, 0.05) is 6.04 Å². The third-order valence-corrected chi connectivity index (χ3v) is 2.81. The highest BCUT2D eigenvalue weighted by Crippen LogP contribution is 2.10. The van der Waals surface area contributed by atoms with E-state index in [1.807, 2.05) is 18.0 Å². The van der Waals surface area contributed by atoms with Crippen molar-refractivity contribution < 1.29 is 4.39 Å². The fraction of sp³-hybridized carbons (Fsp3) is 0.462.